The topological polar surface area (TPSA) is 95.5 Å². The highest BCUT2D eigenvalue weighted by Crippen LogP contribution is 2.37. The van der Waals surface area contributed by atoms with E-state index in [1.807, 2.05) is 39.2 Å². The fourth-order valence-electron chi connectivity index (χ4n) is 5.19. The first-order valence-corrected chi connectivity index (χ1v) is 15.7. The molecule has 4 heterocycles. The van der Waals surface area contributed by atoms with Gasteiger partial charge in [-0.3, -0.25) is 9.88 Å². The molecule has 1 aromatic carbocycles. The van der Waals surface area contributed by atoms with Gasteiger partial charge in [0.15, 0.2) is 0 Å². The molecule has 42 heavy (non-hydrogen) atoms. The number of hydrogen-bond acceptors (Lipinski definition) is 6. The molecule has 5 rings (SSSR count). The second-order valence-electron chi connectivity index (χ2n) is 12.6. The number of likely N-dealkylation sites (tertiary alicyclic amines) is 1. The Balaban J connectivity index is 1.45. The molecule has 0 bridgehead atoms. The number of aromatic nitrogens is 3. The highest BCUT2D eigenvalue weighted by molar-refractivity contribution is 7.84. The molecule has 0 radical (unpaired) electrons. The van der Waals surface area contributed by atoms with E-state index < -0.39 is 21.3 Å². The van der Waals surface area contributed by atoms with Gasteiger partial charge in [0.2, 0.25) is 0 Å². The lowest BCUT2D eigenvalue weighted by molar-refractivity contribution is 0.0495. The zero-order valence-electron chi connectivity index (χ0n) is 25.3. The Hall–Kier alpha value is -3.58. The van der Waals surface area contributed by atoms with Gasteiger partial charge in [-0.1, -0.05) is 51.1 Å². The molecule has 4 aromatic rings. The average Bonchev–Trinajstić information content (AvgIpc) is 3.37. The van der Waals surface area contributed by atoms with Crippen molar-refractivity contribution >= 4 is 16.5 Å². The summed E-state index contributed by atoms with van der Waals surface area (Å²) in [6.45, 7) is 15.1. The zero-order chi connectivity index (χ0) is 30.1. The summed E-state index contributed by atoms with van der Waals surface area (Å²) in [5, 5.41) is 14.2. The van der Waals surface area contributed by atoms with E-state index in [0.717, 1.165) is 54.0 Å². The molecule has 1 aliphatic heterocycles. The predicted molar refractivity (Wildman–Crippen MR) is 167 cm³/mol. The molecule has 0 amide bonds. The Morgan fingerprint density at radius 3 is 2.48 bits per heavy atom. The van der Waals surface area contributed by atoms with E-state index >= 15 is 0 Å². The molecule has 3 aromatic heterocycles. The molecule has 0 aliphatic carbocycles. The van der Waals surface area contributed by atoms with Crippen LogP contribution in [0.4, 0.5) is 0 Å². The first-order chi connectivity index (χ1) is 20.0. The number of nitrogens with one attached hydrogen (secondary N) is 1. The van der Waals surface area contributed by atoms with Crippen LogP contribution in [0.5, 0.6) is 5.75 Å². The summed E-state index contributed by atoms with van der Waals surface area (Å²) in [6.07, 6.45) is 6.30. The van der Waals surface area contributed by atoms with Crippen LogP contribution in [0.25, 0.3) is 16.6 Å². The summed E-state index contributed by atoms with van der Waals surface area (Å²) in [5.74, 6) is 1.09. The van der Waals surface area contributed by atoms with Crippen LogP contribution >= 0.6 is 0 Å². The van der Waals surface area contributed by atoms with E-state index in [9.17, 15) is 9.47 Å². The van der Waals surface area contributed by atoms with Gasteiger partial charge < -0.3 is 4.74 Å². The Kier molecular flexibility index (Phi) is 8.51. The highest BCUT2D eigenvalue weighted by Gasteiger charge is 2.46. The molecular weight excluding hydrogens is 544 g/mol. The van der Waals surface area contributed by atoms with Crippen molar-refractivity contribution in [3.63, 3.8) is 0 Å². The number of benzene rings is 1. The molecule has 9 heteroatoms. The Bertz CT molecular complexity index is 1610. The smallest absolute Gasteiger partial charge is 0.138 e. The predicted octanol–water partition coefficient (Wildman–Crippen LogP) is 5.63. The number of rotatable bonds is 10. The minimum atomic E-state index is -1.24. The average molecular weight is 585 g/mol. The first kappa shape index (κ1) is 29.9. The number of nitrogens with zero attached hydrogens (tertiary/aromatic N) is 5. The van der Waals surface area contributed by atoms with E-state index in [-0.39, 0.29) is 0 Å². The van der Waals surface area contributed by atoms with Crippen LogP contribution in [-0.2, 0) is 29.5 Å². The number of pyridine rings is 2. The van der Waals surface area contributed by atoms with E-state index in [2.05, 4.69) is 82.9 Å². The van der Waals surface area contributed by atoms with Crippen LogP contribution in [0, 0.1) is 17.2 Å². The summed E-state index contributed by atoms with van der Waals surface area (Å²) in [6, 6.07) is 16.9. The van der Waals surface area contributed by atoms with Crippen molar-refractivity contribution in [2.24, 2.45) is 5.92 Å². The Labute approximate surface area is 251 Å². The van der Waals surface area contributed by atoms with Gasteiger partial charge in [0.25, 0.3) is 0 Å². The van der Waals surface area contributed by atoms with Crippen LogP contribution in [0.3, 0.4) is 0 Å². The summed E-state index contributed by atoms with van der Waals surface area (Å²) >= 11 is 0. The standard InChI is InChI=1S/C33H40N6O2S/c1-7-28-13-8-24(16-35-28)18-38-21-33(22-38,37-42(40)32(4,5)6)27-11-9-25(10-12-27)30-14-29(41-20-23(2)3)19-39-31(30)26(15-34)17-36-39/h8-14,16-17,19,23,37H,7,18,20-22H2,1-6H3. The van der Waals surface area contributed by atoms with Gasteiger partial charge in [0, 0.05) is 37.1 Å². The summed E-state index contributed by atoms with van der Waals surface area (Å²) in [7, 11) is -1.24. The summed E-state index contributed by atoms with van der Waals surface area (Å²) in [5.41, 5.74) is 6.00. The fourth-order valence-corrected chi connectivity index (χ4v) is 6.10. The van der Waals surface area contributed by atoms with Crippen LogP contribution in [0.1, 0.15) is 63.9 Å². The normalized spacial score (nSPS) is 15.9. The van der Waals surface area contributed by atoms with Crippen molar-refractivity contribution in [2.75, 3.05) is 19.7 Å². The monoisotopic (exact) mass is 584 g/mol. The maximum atomic E-state index is 13.3. The number of nitriles is 1. The minimum absolute atomic E-state index is 0.382. The fraction of sp³-hybridized carbons (Fsp3) is 0.424. The molecule has 1 aliphatic rings. The molecular formula is C33H40N6O2S. The number of aryl methyl sites for hydroxylation is 1. The third kappa shape index (κ3) is 6.26. The van der Waals surface area contributed by atoms with E-state index in [0.29, 0.717) is 23.8 Å². The van der Waals surface area contributed by atoms with Crippen molar-refractivity contribution < 1.29 is 8.95 Å². The van der Waals surface area contributed by atoms with Crippen LogP contribution in [0.15, 0.2) is 61.1 Å². The van der Waals surface area contributed by atoms with Crippen molar-refractivity contribution in [1.82, 2.24) is 24.2 Å². The second-order valence-corrected chi connectivity index (χ2v) is 14.5. The van der Waals surface area contributed by atoms with Gasteiger partial charge in [0.05, 0.1) is 51.4 Å². The lowest BCUT2D eigenvalue weighted by atomic mass is 9.82. The Morgan fingerprint density at radius 2 is 1.88 bits per heavy atom. The van der Waals surface area contributed by atoms with Gasteiger partial charge in [-0.15, -0.1) is 0 Å². The SMILES string of the molecule is CCc1ccc(CN2CC(NS(=O)C(C)(C)C)(c3ccc(-c4cc(OCC(C)C)cn5ncc(C#N)c45)cc3)C2)cn1. The molecule has 1 fully saturated rings. The van der Waals surface area contributed by atoms with Gasteiger partial charge >= 0.3 is 0 Å². The first-order valence-electron chi connectivity index (χ1n) is 14.5. The molecule has 0 spiro atoms. The van der Waals surface area contributed by atoms with Crippen molar-refractivity contribution in [3.8, 4) is 22.9 Å². The van der Waals surface area contributed by atoms with Gasteiger partial charge in [0.1, 0.15) is 11.8 Å². The summed E-state index contributed by atoms with van der Waals surface area (Å²) in [4.78, 5) is 6.91. The summed E-state index contributed by atoms with van der Waals surface area (Å²) < 4.78 is 24.2. The van der Waals surface area contributed by atoms with Crippen molar-refractivity contribution in [2.45, 2.75) is 64.8 Å². The van der Waals surface area contributed by atoms with E-state index in [1.165, 1.54) is 5.56 Å². The molecule has 1 saturated heterocycles. The largest absolute Gasteiger partial charge is 0.492 e. The van der Waals surface area contributed by atoms with Gasteiger partial charge in [-0.2, -0.15) is 10.4 Å². The highest BCUT2D eigenvalue weighted by atomic mass is 32.2. The van der Waals surface area contributed by atoms with Crippen LogP contribution in [0.2, 0.25) is 0 Å². The minimum Gasteiger partial charge on any atom is -0.492 e. The van der Waals surface area contributed by atoms with Crippen molar-refractivity contribution in [3.05, 3.63) is 83.4 Å². The molecule has 1 N–H and O–H groups in total. The maximum absolute atomic E-state index is 13.3. The van der Waals surface area contributed by atoms with Crippen LogP contribution in [-0.4, -0.2) is 48.2 Å². The quantitative estimate of drug-likeness (QED) is 0.260. The molecule has 1 unspecified atom stereocenters. The number of hydrogen-bond donors (Lipinski definition) is 1. The zero-order valence-corrected chi connectivity index (χ0v) is 26.2. The Morgan fingerprint density at radius 1 is 1.14 bits per heavy atom. The lowest BCUT2D eigenvalue weighted by Gasteiger charge is -2.51. The van der Waals surface area contributed by atoms with Crippen LogP contribution < -0.4 is 9.46 Å². The molecule has 0 saturated carbocycles. The number of fused-ring (bicyclic) bond motifs is 1. The number of ether oxygens (including phenoxy) is 1. The third-order valence-corrected chi connectivity index (χ3v) is 9.21. The second kappa shape index (κ2) is 12.0. The molecule has 220 valence electrons. The van der Waals surface area contributed by atoms with E-state index in [1.54, 1.807) is 10.7 Å². The van der Waals surface area contributed by atoms with Crippen molar-refractivity contribution in [1.29, 1.82) is 5.26 Å². The van der Waals surface area contributed by atoms with Gasteiger partial charge in [-0.05, 0) is 61.9 Å². The molecule has 1 atom stereocenters. The molecule has 8 nitrogen and oxygen atoms in total. The lowest BCUT2D eigenvalue weighted by Crippen LogP contribution is -2.67. The third-order valence-electron chi connectivity index (χ3n) is 7.52. The maximum Gasteiger partial charge on any atom is 0.138 e. The van der Waals surface area contributed by atoms with Gasteiger partial charge in [-0.25, -0.2) is 13.4 Å². The van der Waals surface area contributed by atoms with E-state index in [4.69, 9.17) is 4.74 Å².